The van der Waals surface area contributed by atoms with Gasteiger partial charge in [-0.25, -0.2) is 0 Å². The lowest BCUT2D eigenvalue weighted by Gasteiger charge is -2.03. The molecule has 2 aromatic rings. The van der Waals surface area contributed by atoms with Gasteiger partial charge in [-0.2, -0.15) is 15.0 Å². The maximum atomic E-state index is 5.05. The van der Waals surface area contributed by atoms with Crippen LogP contribution in [-0.2, 0) is 11.3 Å². The van der Waals surface area contributed by atoms with E-state index < -0.39 is 0 Å². The maximum absolute atomic E-state index is 5.05. The maximum Gasteiger partial charge on any atom is 0.117 e. The van der Waals surface area contributed by atoms with Crippen LogP contribution in [0.3, 0.4) is 0 Å². The Labute approximate surface area is 126 Å². The van der Waals surface area contributed by atoms with E-state index in [-0.39, 0.29) is 6.04 Å². The van der Waals surface area contributed by atoms with Gasteiger partial charge in [-0.1, -0.05) is 30.3 Å². The first-order valence-electron chi connectivity index (χ1n) is 7.43. The highest BCUT2D eigenvalue weighted by Gasteiger charge is 2.13. The van der Waals surface area contributed by atoms with Crippen molar-refractivity contribution in [3.05, 3.63) is 36.0 Å². The van der Waals surface area contributed by atoms with Crippen molar-refractivity contribution >= 4 is 0 Å². The number of nitrogens with one attached hydrogen (secondary N) is 1. The molecule has 5 heteroatoms. The SMILES string of the molecule is COCCCNCc1nn(C(C)C)nc1-c1ccccc1. The number of hydrogen-bond donors (Lipinski definition) is 1. The van der Waals surface area contributed by atoms with Crippen molar-refractivity contribution < 1.29 is 4.74 Å². The zero-order chi connectivity index (χ0) is 15.1. The van der Waals surface area contributed by atoms with Gasteiger partial charge in [0.15, 0.2) is 0 Å². The Morgan fingerprint density at radius 1 is 1.19 bits per heavy atom. The summed E-state index contributed by atoms with van der Waals surface area (Å²) in [5, 5.41) is 12.7. The van der Waals surface area contributed by atoms with E-state index in [4.69, 9.17) is 4.74 Å². The third kappa shape index (κ3) is 4.37. The second-order valence-corrected chi connectivity index (χ2v) is 5.30. The molecule has 0 amide bonds. The van der Waals surface area contributed by atoms with Crippen LogP contribution in [0.1, 0.15) is 32.0 Å². The van der Waals surface area contributed by atoms with Crippen LogP contribution in [0.4, 0.5) is 0 Å². The Bertz CT molecular complexity index is 536. The van der Waals surface area contributed by atoms with Crippen molar-refractivity contribution in [2.45, 2.75) is 32.9 Å². The average Bonchev–Trinajstić information content (AvgIpc) is 2.92. The number of hydrogen-bond acceptors (Lipinski definition) is 4. The standard InChI is InChI=1S/C16H24N4O/c1-13(2)20-18-15(12-17-10-7-11-21-3)16(19-20)14-8-5-4-6-9-14/h4-6,8-9,13,17H,7,10-12H2,1-3H3. The molecule has 0 unspecified atom stereocenters. The van der Waals surface area contributed by atoms with Gasteiger partial charge in [0.1, 0.15) is 11.4 Å². The molecule has 0 aliphatic heterocycles. The minimum Gasteiger partial charge on any atom is -0.385 e. The number of rotatable bonds is 8. The molecule has 0 aliphatic rings. The number of ether oxygens (including phenoxy) is 1. The van der Waals surface area contributed by atoms with Crippen LogP contribution in [0.25, 0.3) is 11.3 Å². The zero-order valence-corrected chi connectivity index (χ0v) is 13.0. The van der Waals surface area contributed by atoms with Gasteiger partial charge in [0.05, 0.1) is 6.04 Å². The molecule has 114 valence electrons. The largest absolute Gasteiger partial charge is 0.385 e. The molecule has 0 saturated heterocycles. The number of benzene rings is 1. The lowest BCUT2D eigenvalue weighted by Crippen LogP contribution is -2.17. The first kappa shape index (κ1) is 15.7. The molecule has 0 aliphatic carbocycles. The molecule has 5 nitrogen and oxygen atoms in total. The molecule has 21 heavy (non-hydrogen) atoms. The van der Waals surface area contributed by atoms with E-state index in [0.29, 0.717) is 0 Å². The van der Waals surface area contributed by atoms with Crippen LogP contribution in [0.2, 0.25) is 0 Å². The van der Waals surface area contributed by atoms with Crippen LogP contribution in [0.5, 0.6) is 0 Å². The van der Waals surface area contributed by atoms with Crippen molar-refractivity contribution in [2.24, 2.45) is 0 Å². The van der Waals surface area contributed by atoms with E-state index in [0.717, 1.165) is 43.1 Å². The highest BCUT2D eigenvalue weighted by atomic mass is 16.5. The van der Waals surface area contributed by atoms with E-state index in [1.807, 2.05) is 18.2 Å². The van der Waals surface area contributed by atoms with Crippen molar-refractivity contribution in [2.75, 3.05) is 20.3 Å². The molecule has 0 atom stereocenters. The van der Waals surface area contributed by atoms with Crippen LogP contribution in [-0.4, -0.2) is 35.3 Å². The first-order chi connectivity index (χ1) is 10.2. The van der Waals surface area contributed by atoms with Gasteiger partial charge in [-0.15, -0.1) is 0 Å². The predicted molar refractivity (Wildman–Crippen MR) is 84.0 cm³/mol. The highest BCUT2D eigenvalue weighted by molar-refractivity contribution is 5.60. The van der Waals surface area contributed by atoms with E-state index >= 15 is 0 Å². The van der Waals surface area contributed by atoms with E-state index in [1.54, 1.807) is 11.9 Å². The molecule has 2 rings (SSSR count). The lowest BCUT2D eigenvalue weighted by atomic mass is 10.1. The summed E-state index contributed by atoms with van der Waals surface area (Å²) < 4.78 is 5.05. The summed E-state index contributed by atoms with van der Waals surface area (Å²) in [6.07, 6.45) is 0.996. The number of nitrogens with zero attached hydrogens (tertiary/aromatic N) is 3. The summed E-state index contributed by atoms with van der Waals surface area (Å²) in [5.74, 6) is 0. The average molecular weight is 288 g/mol. The van der Waals surface area contributed by atoms with Gasteiger partial charge in [-0.05, 0) is 26.8 Å². The van der Waals surface area contributed by atoms with Gasteiger partial charge in [-0.3, -0.25) is 0 Å². The molecule has 0 fully saturated rings. The van der Waals surface area contributed by atoms with Crippen LogP contribution in [0.15, 0.2) is 30.3 Å². The molecule has 0 saturated carbocycles. The molecule has 0 spiro atoms. The second kappa shape index (κ2) is 7.90. The third-order valence-electron chi connectivity index (χ3n) is 3.20. The molecule has 0 bridgehead atoms. The fourth-order valence-corrected chi connectivity index (χ4v) is 2.07. The Morgan fingerprint density at radius 3 is 2.62 bits per heavy atom. The van der Waals surface area contributed by atoms with Crippen LogP contribution < -0.4 is 5.32 Å². The fourth-order valence-electron chi connectivity index (χ4n) is 2.07. The smallest absolute Gasteiger partial charge is 0.117 e. The summed E-state index contributed by atoms with van der Waals surface area (Å²) in [6.45, 7) is 6.59. The highest BCUT2D eigenvalue weighted by Crippen LogP contribution is 2.21. The molecule has 1 aromatic carbocycles. The van der Waals surface area contributed by atoms with Crippen LogP contribution >= 0.6 is 0 Å². The van der Waals surface area contributed by atoms with Crippen molar-refractivity contribution in [3.8, 4) is 11.3 Å². The minimum absolute atomic E-state index is 0.259. The second-order valence-electron chi connectivity index (χ2n) is 5.30. The molecule has 1 aromatic heterocycles. The molecule has 1 heterocycles. The predicted octanol–water partition coefficient (Wildman–Crippen LogP) is 2.65. The Hall–Kier alpha value is -1.72. The zero-order valence-electron chi connectivity index (χ0n) is 13.0. The van der Waals surface area contributed by atoms with Gasteiger partial charge >= 0.3 is 0 Å². The molecule has 0 radical (unpaired) electrons. The number of methoxy groups -OCH3 is 1. The van der Waals surface area contributed by atoms with Gasteiger partial charge in [0.25, 0.3) is 0 Å². The van der Waals surface area contributed by atoms with Gasteiger partial charge < -0.3 is 10.1 Å². The van der Waals surface area contributed by atoms with Crippen molar-refractivity contribution in [1.82, 2.24) is 20.3 Å². The van der Waals surface area contributed by atoms with Crippen molar-refractivity contribution in [1.29, 1.82) is 0 Å². The van der Waals surface area contributed by atoms with E-state index in [2.05, 4.69) is 41.5 Å². The molecular weight excluding hydrogens is 264 g/mol. The summed E-state index contributed by atoms with van der Waals surface area (Å²) in [5.41, 5.74) is 3.06. The monoisotopic (exact) mass is 288 g/mol. The van der Waals surface area contributed by atoms with Gasteiger partial charge in [0, 0.05) is 25.8 Å². The summed E-state index contributed by atoms with van der Waals surface area (Å²) in [4.78, 5) is 1.79. The Kier molecular flexibility index (Phi) is 5.90. The van der Waals surface area contributed by atoms with E-state index in [9.17, 15) is 0 Å². The number of aromatic nitrogens is 3. The minimum atomic E-state index is 0.259. The Morgan fingerprint density at radius 2 is 1.95 bits per heavy atom. The summed E-state index contributed by atoms with van der Waals surface area (Å²) in [7, 11) is 1.72. The van der Waals surface area contributed by atoms with Crippen LogP contribution in [0, 0.1) is 0 Å². The van der Waals surface area contributed by atoms with Crippen molar-refractivity contribution in [3.63, 3.8) is 0 Å². The molecular formula is C16H24N4O. The summed E-state index contributed by atoms with van der Waals surface area (Å²) in [6, 6.07) is 10.5. The third-order valence-corrected chi connectivity index (χ3v) is 3.20. The van der Waals surface area contributed by atoms with Gasteiger partial charge in [0.2, 0.25) is 0 Å². The lowest BCUT2D eigenvalue weighted by molar-refractivity contribution is 0.194. The topological polar surface area (TPSA) is 52.0 Å². The fraction of sp³-hybridized carbons (Fsp3) is 0.500. The Balaban J connectivity index is 2.11. The normalized spacial score (nSPS) is 11.2. The summed E-state index contributed by atoms with van der Waals surface area (Å²) >= 11 is 0. The molecule has 1 N–H and O–H groups in total. The van der Waals surface area contributed by atoms with E-state index in [1.165, 1.54) is 0 Å². The first-order valence-corrected chi connectivity index (χ1v) is 7.43. The quantitative estimate of drug-likeness (QED) is 0.759.